The average molecular weight is 444 g/mol. The summed E-state index contributed by atoms with van der Waals surface area (Å²) in [5, 5.41) is 4.64. The molecule has 4 fully saturated rings. The van der Waals surface area contributed by atoms with Gasteiger partial charge in [-0.2, -0.15) is 5.10 Å². The van der Waals surface area contributed by atoms with E-state index in [0.717, 1.165) is 41.9 Å². The van der Waals surface area contributed by atoms with Crippen LogP contribution in [0.5, 0.6) is 0 Å². The standard InChI is InChI=1S/C28H49N3O/c1-18(2)9-8-10-19(3)21-12-13-22-20-17-25(30-31-26(29)32)24-11-6-7-15-27(24,4)23(20)14-16-28(21,22)5/h18-24H,6-17H2,1-5H3,(H3,29,31,32)/t19-,20+,21-,22+,23+,24-,27-,28-/m1/s1. The molecule has 4 aliphatic carbocycles. The van der Waals surface area contributed by atoms with E-state index < -0.39 is 6.03 Å². The number of rotatable bonds is 6. The van der Waals surface area contributed by atoms with Crippen LogP contribution in [0.3, 0.4) is 0 Å². The minimum absolute atomic E-state index is 0.349. The number of nitrogens with one attached hydrogen (secondary N) is 1. The van der Waals surface area contributed by atoms with Crippen molar-refractivity contribution in [2.24, 2.45) is 63.1 Å². The Morgan fingerprint density at radius 2 is 1.78 bits per heavy atom. The lowest BCUT2D eigenvalue weighted by Crippen LogP contribution is -2.56. The van der Waals surface area contributed by atoms with E-state index in [-0.39, 0.29) is 0 Å². The third-order valence-corrected chi connectivity index (χ3v) is 10.9. The van der Waals surface area contributed by atoms with Crippen molar-refractivity contribution in [1.29, 1.82) is 0 Å². The van der Waals surface area contributed by atoms with E-state index in [9.17, 15) is 4.79 Å². The predicted octanol–water partition coefficient (Wildman–Crippen LogP) is 7.13. The molecule has 0 unspecified atom stereocenters. The molecule has 0 aromatic heterocycles. The number of fused-ring (bicyclic) bond motifs is 5. The molecule has 0 aromatic carbocycles. The lowest BCUT2D eigenvalue weighted by Gasteiger charge is -2.61. The summed E-state index contributed by atoms with van der Waals surface area (Å²) in [6.45, 7) is 12.5. The largest absolute Gasteiger partial charge is 0.350 e. The summed E-state index contributed by atoms with van der Waals surface area (Å²) >= 11 is 0. The number of carbonyl (C=O) groups excluding carboxylic acids is 1. The van der Waals surface area contributed by atoms with E-state index >= 15 is 0 Å². The van der Waals surface area contributed by atoms with Gasteiger partial charge < -0.3 is 5.73 Å². The lowest BCUT2D eigenvalue weighted by atomic mass is 9.44. The average Bonchev–Trinajstić information content (AvgIpc) is 3.08. The van der Waals surface area contributed by atoms with Crippen LogP contribution in [-0.4, -0.2) is 11.7 Å². The molecular formula is C28H49N3O. The van der Waals surface area contributed by atoms with Crippen LogP contribution < -0.4 is 11.2 Å². The predicted molar refractivity (Wildman–Crippen MR) is 133 cm³/mol. The molecule has 4 aliphatic rings. The van der Waals surface area contributed by atoms with Gasteiger partial charge in [0.15, 0.2) is 0 Å². The van der Waals surface area contributed by atoms with Crippen LogP contribution in [0.25, 0.3) is 0 Å². The van der Waals surface area contributed by atoms with Crippen molar-refractivity contribution in [2.45, 2.75) is 112 Å². The number of amides is 2. The van der Waals surface area contributed by atoms with Gasteiger partial charge >= 0.3 is 6.03 Å². The molecule has 0 aliphatic heterocycles. The van der Waals surface area contributed by atoms with Gasteiger partial charge in [0, 0.05) is 11.6 Å². The van der Waals surface area contributed by atoms with Crippen molar-refractivity contribution in [3.63, 3.8) is 0 Å². The fourth-order valence-electron chi connectivity index (χ4n) is 9.40. The summed E-state index contributed by atoms with van der Waals surface area (Å²) in [6, 6.07) is -0.526. The molecule has 3 N–H and O–H groups in total. The minimum atomic E-state index is -0.526. The molecule has 0 radical (unpaired) electrons. The number of nitrogens with two attached hydrogens (primary N) is 1. The summed E-state index contributed by atoms with van der Waals surface area (Å²) in [6.07, 6.45) is 16.1. The molecule has 4 saturated carbocycles. The van der Waals surface area contributed by atoms with Gasteiger partial charge in [0.2, 0.25) is 0 Å². The molecule has 4 rings (SSSR count). The van der Waals surface area contributed by atoms with Gasteiger partial charge in [-0.05, 0) is 91.3 Å². The SMILES string of the molecule is CC(C)CCC[C@@H](C)[C@H]1CC[C@H]2[C@@H]3CC(=NNC(N)=O)[C@H]4CCCC[C@]4(C)[C@H]3CC[C@]12C. The van der Waals surface area contributed by atoms with E-state index in [4.69, 9.17) is 5.73 Å². The molecule has 0 aromatic rings. The Kier molecular flexibility index (Phi) is 6.99. The maximum atomic E-state index is 11.4. The molecule has 182 valence electrons. The van der Waals surface area contributed by atoms with Gasteiger partial charge in [-0.3, -0.25) is 0 Å². The maximum Gasteiger partial charge on any atom is 0.332 e. The highest BCUT2D eigenvalue weighted by Crippen LogP contribution is 2.68. The zero-order valence-corrected chi connectivity index (χ0v) is 21.5. The van der Waals surface area contributed by atoms with Gasteiger partial charge in [-0.25, -0.2) is 10.2 Å². The van der Waals surface area contributed by atoms with Gasteiger partial charge in [0.05, 0.1) is 0 Å². The molecule has 32 heavy (non-hydrogen) atoms. The monoisotopic (exact) mass is 443 g/mol. The summed E-state index contributed by atoms with van der Waals surface area (Å²) < 4.78 is 0. The number of hydrazone groups is 1. The maximum absolute atomic E-state index is 11.4. The van der Waals surface area contributed by atoms with Gasteiger partial charge in [0.25, 0.3) is 0 Å². The van der Waals surface area contributed by atoms with Crippen molar-refractivity contribution >= 4 is 11.7 Å². The highest BCUT2D eigenvalue weighted by atomic mass is 16.2. The Morgan fingerprint density at radius 1 is 1.03 bits per heavy atom. The summed E-state index contributed by atoms with van der Waals surface area (Å²) in [5.41, 5.74) is 10.1. The quantitative estimate of drug-likeness (QED) is 0.421. The summed E-state index contributed by atoms with van der Waals surface area (Å²) in [5.74, 6) is 5.44. The molecule has 0 spiro atoms. The zero-order valence-electron chi connectivity index (χ0n) is 21.5. The number of urea groups is 1. The van der Waals surface area contributed by atoms with E-state index in [0.29, 0.717) is 16.7 Å². The van der Waals surface area contributed by atoms with Crippen molar-refractivity contribution in [3.05, 3.63) is 0 Å². The second-order valence-corrected chi connectivity index (χ2v) is 13.0. The van der Waals surface area contributed by atoms with Crippen LogP contribution in [0, 0.1) is 52.3 Å². The van der Waals surface area contributed by atoms with Gasteiger partial charge in [-0.15, -0.1) is 0 Å². The number of hydrogen-bond acceptors (Lipinski definition) is 2. The van der Waals surface area contributed by atoms with Crippen LogP contribution in [-0.2, 0) is 0 Å². The smallest absolute Gasteiger partial charge is 0.332 e. The first-order valence-corrected chi connectivity index (χ1v) is 13.8. The van der Waals surface area contributed by atoms with Crippen molar-refractivity contribution < 1.29 is 4.79 Å². The van der Waals surface area contributed by atoms with Gasteiger partial charge in [-0.1, -0.05) is 66.7 Å². The normalized spacial score (nSPS) is 43.4. The van der Waals surface area contributed by atoms with E-state index in [1.807, 2.05) is 0 Å². The molecular weight excluding hydrogens is 394 g/mol. The molecule has 0 saturated heterocycles. The second-order valence-electron chi connectivity index (χ2n) is 13.0. The zero-order chi connectivity index (χ0) is 23.1. The molecule has 0 heterocycles. The van der Waals surface area contributed by atoms with E-state index in [1.165, 1.54) is 76.3 Å². The second kappa shape index (κ2) is 9.29. The molecule has 4 nitrogen and oxygen atoms in total. The first-order valence-electron chi connectivity index (χ1n) is 13.8. The fraction of sp³-hybridized carbons (Fsp3) is 0.929. The van der Waals surface area contributed by atoms with Crippen LogP contribution >= 0.6 is 0 Å². The highest BCUT2D eigenvalue weighted by molar-refractivity contribution is 5.90. The number of nitrogens with zero attached hydrogens (tertiary/aromatic N) is 1. The summed E-state index contributed by atoms with van der Waals surface area (Å²) in [7, 11) is 0. The van der Waals surface area contributed by atoms with Crippen LogP contribution in [0.1, 0.15) is 112 Å². The highest BCUT2D eigenvalue weighted by Gasteiger charge is 2.61. The fourth-order valence-corrected chi connectivity index (χ4v) is 9.40. The number of carbonyl (C=O) groups is 1. The van der Waals surface area contributed by atoms with Crippen molar-refractivity contribution in [1.82, 2.24) is 5.43 Å². The van der Waals surface area contributed by atoms with Gasteiger partial charge in [0.1, 0.15) is 0 Å². The van der Waals surface area contributed by atoms with E-state index in [1.54, 1.807) is 0 Å². The summed E-state index contributed by atoms with van der Waals surface area (Å²) in [4.78, 5) is 11.4. The molecule has 2 amide bonds. The Bertz CT molecular complexity index is 717. The topological polar surface area (TPSA) is 67.5 Å². The van der Waals surface area contributed by atoms with Crippen molar-refractivity contribution in [2.75, 3.05) is 0 Å². The lowest BCUT2D eigenvalue weighted by molar-refractivity contribution is -0.0798. The van der Waals surface area contributed by atoms with Crippen molar-refractivity contribution in [3.8, 4) is 0 Å². The first kappa shape index (κ1) is 24.1. The van der Waals surface area contributed by atoms with Crippen LogP contribution in [0.15, 0.2) is 5.10 Å². The molecule has 4 heteroatoms. The first-order chi connectivity index (χ1) is 15.2. The van der Waals surface area contributed by atoms with Crippen LogP contribution in [0.2, 0.25) is 0 Å². The molecule has 8 atom stereocenters. The third kappa shape index (κ3) is 4.25. The Hall–Kier alpha value is -1.06. The Morgan fingerprint density at radius 3 is 2.50 bits per heavy atom. The Labute approximate surface area is 196 Å². The minimum Gasteiger partial charge on any atom is -0.350 e. The van der Waals surface area contributed by atoms with Crippen LogP contribution in [0.4, 0.5) is 4.79 Å². The number of primary amides is 1. The number of hydrogen-bond donors (Lipinski definition) is 2. The molecule has 0 bridgehead atoms. The third-order valence-electron chi connectivity index (χ3n) is 10.9. The Balaban J connectivity index is 1.56. The van der Waals surface area contributed by atoms with E-state index in [2.05, 4.69) is 45.1 Å².